The van der Waals surface area contributed by atoms with Crippen molar-refractivity contribution in [1.29, 1.82) is 0 Å². The van der Waals surface area contributed by atoms with Crippen LogP contribution >= 0.6 is 0 Å². The molecule has 0 N–H and O–H groups in total. The van der Waals surface area contributed by atoms with E-state index in [1.165, 1.54) is 12.8 Å². The zero-order valence-corrected chi connectivity index (χ0v) is 9.90. The maximum absolute atomic E-state index is 11.8. The van der Waals surface area contributed by atoms with E-state index in [9.17, 15) is 4.79 Å². The quantitative estimate of drug-likeness (QED) is 0.738. The molecule has 1 saturated carbocycles. The fourth-order valence-corrected chi connectivity index (χ4v) is 2.37. The zero-order valence-electron chi connectivity index (χ0n) is 9.90. The van der Waals surface area contributed by atoms with Crippen molar-refractivity contribution in [2.75, 3.05) is 6.61 Å². The van der Waals surface area contributed by atoms with E-state index in [1.807, 2.05) is 18.4 Å². The molecular weight excluding hydrogens is 204 g/mol. The highest BCUT2D eigenvalue weighted by Gasteiger charge is 2.24. The van der Waals surface area contributed by atoms with Gasteiger partial charge in [0.1, 0.15) is 0 Å². The van der Waals surface area contributed by atoms with Gasteiger partial charge in [-0.25, -0.2) is 9.78 Å². The number of carbonyl (C=O) groups is 1. The number of hydrogen-bond acceptors (Lipinski definition) is 3. The van der Waals surface area contributed by atoms with Gasteiger partial charge in [0.15, 0.2) is 5.69 Å². The van der Waals surface area contributed by atoms with Gasteiger partial charge in [0.25, 0.3) is 0 Å². The van der Waals surface area contributed by atoms with Crippen molar-refractivity contribution in [2.24, 2.45) is 0 Å². The smallest absolute Gasteiger partial charge is 0.356 e. The van der Waals surface area contributed by atoms with Gasteiger partial charge in [0.05, 0.1) is 18.6 Å². The Morgan fingerprint density at radius 1 is 1.56 bits per heavy atom. The molecule has 0 atom stereocenters. The number of hydrogen-bond donors (Lipinski definition) is 0. The van der Waals surface area contributed by atoms with Crippen LogP contribution in [0.5, 0.6) is 0 Å². The van der Waals surface area contributed by atoms with Gasteiger partial charge >= 0.3 is 5.97 Å². The van der Waals surface area contributed by atoms with Gasteiger partial charge in [-0.2, -0.15) is 0 Å². The summed E-state index contributed by atoms with van der Waals surface area (Å²) in [6.07, 6.45) is 6.54. The Labute approximate surface area is 95.6 Å². The Kier molecular flexibility index (Phi) is 3.27. The fourth-order valence-electron chi connectivity index (χ4n) is 2.37. The number of nitrogens with zero attached hydrogens (tertiary/aromatic N) is 2. The lowest BCUT2D eigenvalue weighted by Gasteiger charge is -2.14. The SMILES string of the molecule is CCOC(=O)c1c(C)ncn1C1CCCC1. The minimum Gasteiger partial charge on any atom is -0.461 e. The molecule has 4 nitrogen and oxygen atoms in total. The topological polar surface area (TPSA) is 44.1 Å². The van der Waals surface area contributed by atoms with Gasteiger partial charge in [-0.05, 0) is 26.7 Å². The molecule has 2 rings (SSSR count). The highest BCUT2D eigenvalue weighted by atomic mass is 16.5. The minimum absolute atomic E-state index is 0.246. The number of esters is 1. The van der Waals surface area contributed by atoms with E-state index >= 15 is 0 Å². The van der Waals surface area contributed by atoms with Crippen molar-refractivity contribution >= 4 is 5.97 Å². The van der Waals surface area contributed by atoms with E-state index in [0.29, 0.717) is 18.3 Å². The second-order valence-corrected chi connectivity index (χ2v) is 4.24. The molecule has 0 bridgehead atoms. The molecule has 4 heteroatoms. The van der Waals surface area contributed by atoms with E-state index in [1.54, 1.807) is 6.33 Å². The predicted octanol–water partition coefficient (Wildman–Crippen LogP) is 2.48. The number of ether oxygens (including phenoxy) is 1. The molecule has 0 unspecified atom stereocenters. The Hall–Kier alpha value is -1.32. The Balaban J connectivity index is 2.27. The van der Waals surface area contributed by atoms with Gasteiger partial charge in [-0.1, -0.05) is 12.8 Å². The second kappa shape index (κ2) is 4.68. The molecule has 16 heavy (non-hydrogen) atoms. The van der Waals surface area contributed by atoms with Crippen molar-refractivity contribution in [3.05, 3.63) is 17.7 Å². The summed E-state index contributed by atoms with van der Waals surface area (Å²) in [6, 6.07) is 0.431. The first kappa shape index (κ1) is 11.2. The first-order valence-electron chi connectivity index (χ1n) is 5.94. The molecule has 1 aromatic heterocycles. The third-order valence-electron chi connectivity index (χ3n) is 3.16. The maximum atomic E-state index is 11.8. The number of rotatable bonds is 3. The van der Waals surface area contributed by atoms with Crippen molar-refractivity contribution in [2.45, 2.75) is 45.6 Å². The number of carbonyl (C=O) groups excluding carboxylic acids is 1. The van der Waals surface area contributed by atoms with Crippen LogP contribution in [0.4, 0.5) is 0 Å². The van der Waals surface area contributed by atoms with Crippen LogP contribution in [0.2, 0.25) is 0 Å². The highest BCUT2D eigenvalue weighted by Crippen LogP contribution is 2.31. The van der Waals surface area contributed by atoms with Crippen LogP contribution in [0, 0.1) is 6.92 Å². The molecule has 0 saturated heterocycles. The lowest BCUT2D eigenvalue weighted by molar-refractivity contribution is 0.0510. The number of imidazole rings is 1. The molecule has 1 fully saturated rings. The van der Waals surface area contributed by atoms with E-state index in [0.717, 1.165) is 18.5 Å². The van der Waals surface area contributed by atoms with Crippen LogP contribution in [0.15, 0.2) is 6.33 Å². The van der Waals surface area contributed by atoms with E-state index < -0.39 is 0 Å². The summed E-state index contributed by atoms with van der Waals surface area (Å²) in [5.41, 5.74) is 1.40. The predicted molar refractivity (Wildman–Crippen MR) is 60.4 cm³/mol. The van der Waals surface area contributed by atoms with Gasteiger partial charge < -0.3 is 9.30 Å². The van der Waals surface area contributed by atoms with E-state index in [-0.39, 0.29) is 5.97 Å². The second-order valence-electron chi connectivity index (χ2n) is 4.24. The monoisotopic (exact) mass is 222 g/mol. The molecule has 1 aliphatic carbocycles. The minimum atomic E-state index is -0.246. The van der Waals surface area contributed by atoms with Crippen molar-refractivity contribution in [1.82, 2.24) is 9.55 Å². The first-order chi connectivity index (χ1) is 7.74. The third kappa shape index (κ3) is 1.96. The zero-order chi connectivity index (χ0) is 11.5. The average molecular weight is 222 g/mol. The number of aromatic nitrogens is 2. The molecular formula is C12H18N2O2. The van der Waals surface area contributed by atoms with E-state index in [2.05, 4.69) is 4.98 Å². The van der Waals surface area contributed by atoms with Crippen LogP contribution in [0.3, 0.4) is 0 Å². The summed E-state index contributed by atoms with van der Waals surface area (Å²) in [4.78, 5) is 16.0. The van der Waals surface area contributed by atoms with Gasteiger partial charge in [-0.3, -0.25) is 0 Å². The summed E-state index contributed by atoms with van der Waals surface area (Å²) in [7, 11) is 0. The molecule has 0 aromatic carbocycles. The summed E-state index contributed by atoms with van der Waals surface area (Å²) in [5, 5.41) is 0. The Morgan fingerprint density at radius 2 is 2.25 bits per heavy atom. The largest absolute Gasteiger partial charge is 0.461 e. The highest BCUT2D eigenvalue weighted by molar-refractivity contribution is 5.88. The van der Waals surface area contributed by atoms with Gasteiger partial charge in [0, 0.05) is 6.04 Å². The van der Waals surface area contributed by atoms with Gasteiger partial charge in [0.2, 0.25) is 0 Å². The maximum Gasteiger partial charge on any atom is 0.356 e. The normalized spacial score (nSPS) is 16.6. The molecule has 0 amide bonds. The molecule has 0 aliphatic heterocycles. The van der Waals surface area contributed by atoms with Crippen LogP contribution < -0.4 is 0 Å². The van der Waals surface area contributed by atoms with Crippen LogP contribution in [-0.4, -0.2) is 22.1 Å². The van der Waals surface area contributed by atoms with Crippen LogP contribution in [0.1, 0.15) is 54.8 Å². The third-order valence-corrected chi connectivity index (χ3v) is 3.16. The fraction of sp³-hybridized carbons (Fsp3) is 0.667. The lowest BCUT2D eigenvalue weighted by atomic mass is 10.2. The lowest BCUT2D eigenvalue weighted by Crippen LogP contribution is -2.15. The molecule has 88 valence electrons. The average Bonchev–Trinajstić information content (AvgIpc) is 2.86. The number of aryl methyl sites for hydroxylation is 1. The summed E-state index contributed by atoms with van der Waals surface area (Å²) < 4.78 is 7.07. The Bertz CT molecular complexity index is 378. The van der Waals surface area contributed by atoms with Gasteiger partial charge in [-0.15, -0.1) is 0 Å². The Morgan fingerprint density at radius 3 is 2.88 bits per heavy atom. The summed E-state index contributed by atoms with van der Waals surface area (Å²) in [6.45, 7) is 4.09. The van der Waals surface area contributed by atoms with Crippen LogP contribution in [-0.2, 0) is 4.74 Å². The summed E-state index contributed by atoms with van der Waals surface area (Å²) >= 11 is 0. The van der Waals surface area contributed by atoms with Crippen molar-refractivity contribution in [3.63, 3.8) is 0 Å². The summed E-state index contributed by atoms with van der Waals surface area (Å²) in [5.74, 6) is -0.246. The van der Waals surface area contributed by atoms with Crippen LogP contribution in [0.25, 0.3) is 0 Å². The molecule has 1 aliphatic rings. The van der Waals surface area contributed by atoms with Crippen molar-refractivity contribution in [3.8, 4) is 0 Å². The molecule has 1 aromatic rings. The van der Waals surface area contributed by atoms with Crippen molar-refractivity contribution < 1.29 is 9.53 Å². The first-order valence-corrected chi connectivity index (χ1v) is 5.94. The molecule has 0 spiro atoms. The van der Waals surface area contributed by atoms with E-state index in [4.69, 9.17) is 4.74 Å². The standard InChI is InChI=1S/C12H18N2O2/c1-3-16-12(15)11-9(2)13-8-14(11)10-6-4-5-7-10/h8,10H,3-7H2,1-2H3. The molecule has 0 radical (unpaired) electrons. The molecule has 1 heterocycles.